The topological polar surface area (TPSA) is 92.7 Å². The number of thioether (sulfide) groups is 1. The molecule has 6 heteroatoms. The molecular weight excluding hydrogens is 260 g/mol. The number of carbonyl (C=O) groups excluding carboxylic acids is 1. The number of pyridine rings is 2. The molecule has 0 radical (unpaired) electrons. The van der Waals surface area contributed by atoms with E-state index in [2.05, 4.69) is 9.97 Å². The van der Waals surface area contributed by atoms with Gasteiger partial charge in [0.05, 0.1) is 22.7 Å². The lowest BCUT2D eigenvalue weighted by atomic mass is 10.2. The second kappa shape index (κ2) is 5.98. The van der Waals surface area contributed by atoms with Gasteiger partial charge in [0.1, 0.15) is 11.1 Å². The number of carbonyl (C=O) groups is 1. The number of nitrogens with zero attached hydrogens (tertiary/aromatic N) is 3. The van der Waals surface area contributed by atoms with Crippen molar-refractivity contribution in [2.75, 3.05) is 5.75 Å². The van der Waals surface area contributed by atoms with Crippen LogP contribution in [0.3, 0.4) is 0 Å². The largest absolute Gasteiger partial charge is 0.369 e. The molecule has 0 atom stereocenters. The van der Waals surface area contributed by atoms with Crippen LogP contribution in [0.4, 0.5) is 0 Å². The number of amides is 1. The van der Waals surface area contributed by atoms with Gasteiger partial charge in [-0.3, -0.25) is 9.78 Å². The fraction of sp³-hybridized carbons (Fsp3) is 0.0769. The zero-order valence-electron chi connectivity index (χ0n) is 9.91. The van der Waals surface area contributed by atoms with Crippen LogP contribution in [0, 0.1) is 11.3 Å². The summed E-state index contributed by atoms with van der Waals surface area (Å²) in [6.45, 7) is 0. The highest BCUT2D eigenvalue weighted by Crippen LogP contribution is 2.23. The minimum Gasteiger partial charge on any atom is -0.369 e. The van der Waals surface area contributed by atoms with Gasteiger partial charge >= 0.3 is 0 Å². The molecule has 2 N–H and O–H groups in total. The first-order valence-corrected chi connectivity index (χ1v) is 6.43. The Hall–Kier alpha value is -2.39. The minimum atomic E-state index is -0.445. The van der Waals surface area contributed by atoms with Crippen molar-refractivity contribution >= 4 is 17.7 Å². The van der Waals surface area contributed by atoms with Gasteiger partial charge in [0.15, 0.2) is 0 Å². The van der Waals surface area contributed by atoms with E-state index in [9.17, 15) is 4.79 Å². The number of rotatable bonds is 4. The average molecular weight is 270 g/mol. The van der Waals surface area contributed by atoms with Crippen LogP contribution in [0.2, 0.25) is 0 Å². The van der Waals surface area contributed by atoms with E-state index in [1.54, 1.807) is 18.3 Å². The first-order chi connectivity index (χ1) is 9.20. The molecule has 2 aromatic heterocycles. The fourth-order valence-corrected chi connectivity index (χ4v) is 2.14. The monoisotopic (exact) mass is 270 g/mol. The van der Waals surface area contributed by atoms with Gasteiger partial charge in [0.2, 0.25) is 5.91 Å². The van der Waals surface area contributed by atoms with Crippen LogP contribution >= 0.6 is 11.8 Å². The summed E-state index contributed by atoms with van der Waals surface area (Å²) in [4.78, 5) is 19.4. The van der Waals surface area contributed by atoms with E-state index in [1.807, 2.05) is 24.3 Å². The maximum atomic E-state index is 10.8. The highest BCUT2D eigenvalue weighted by molar-refractivity contribution is 7.99. The molecule has 5 nitrogen and oxygen atoms in total. The summed E-state index contributed by atoms with van der Waals surface area (Å²) in [7, 11) is 0. The zero-order chi connectivity index (χ0) is 13.7. The molecule has 0 aliphatic carbocycles. The summed E-state index contributed by atoms with van der Waals surface area (Å²) in [5.74, 6) is -0.355. The summed E-state index contributed by atoms with van der Waals surface area (Å²) in [6.07, 6.45) is 1.67. The van der Waals surface area contributed by atoms with Crippen LogP contribution in [0.5, 0.6) is 0 Å². The second-order valence-corrected chi connectivity index (χ2v) is 4.60. The van der Waals surface area contributed by atoms with E-state index in [4.69, 9.17) is 11.0 Å². The molecule has 0 saturated heterocycles. The molecule has 2 rings (SSSR count). The molecule has 0 aliphatic heterocycles. The summed E-state index contributed by atoms with van der Waals surface area (Å²) in [6, 6.07) is 10.9. The minimum absolute atomic E-state index is 0.0906. The van der Waals surface area contributed by atoms with Crippen LogP contribution in [0.1, 0.15) is 5.56 Å². The Morgan fingerprint density at radius 2 is 2.16 bits per heavy atom. The predicted octanol–water partition coefficient (Wildman–Crippen LogP) is 1.59. The number of hydrogen-bond donors (Lipinski definition) is 1. The lowest BCUT2D eigenvalue weighted by Gasteiger charge is -2.05. The Morgan fingerprint density at radius 3 is 2.79 bits per heavy atom. The van der Waals surface area contributed by atoms with Gasteiger partial charge in [-0.2, -0.15) is 5.26 Å². The first-order valence-electron chi connectivity index (χ1n) is 5.44. The molecule has 19 heavy (non-hydrogen) atoms. The SMILES string of the molecule is N#Cc1ccc(-c2ccccn2)nc1SCC(N)=O. The summed E-state index contributed by atoms with van der Waals surface area (Å²) in [5, 5.41) is 9.50. The van der Waals surface area contributed by atoms with Crippen LogP contribution in [-0.4, -0.2) is 21.6 Å². The normalized spacial score (nSPS) is 9.84. The van der Waals surface area contributed by atoms with Gasteiger partial charge in [0.25, 0.3) is 0 Å². The van der Waals surface area contributed by atoms with Crippen molar-refractivity contribution in [2.45, 2.75) is 5.03 Å². The maximum absolute atomic E-state index is 10.8. The molecular formula is C13H10N4OS. The van der Waals surface area contributed by atoms with Crippen LogP contribution in [-0.2, 0) is 4.79 Å². The third-order valence-corrected chi connectivity index (χ3v) is 3.27. The number of aromatic nitrogens is 2. The van der Waals surface area contributed by atoms with Crippen molar-refractivity contribution in [3.63, 3.8) is 0 Å². The Bertz CT molecular complexity index is 637. The second-order valence-electron chi connectivity index (χ2n) is 3.63. The van der Waals surface area contributed by atoms with Crippen molar-refractivity contribution in [1.82, 2.24) is 9.97 Å². The fourth-order valence-electron chi connectivity index (χ4n) is 1.43. The predicted molar refractivity (Wildman–Crippen MR) is 72.1 cm³/mol. The molecule has 2 aromatic rings. The Balaban J connectivity index is 2.36. The van der Waals surface area contributed by atoms with Gasteiger partial charge in [-0.25, -0.2) is 4.98 Å². The smallest absolute Gasteiger partial charge is 0.227 e. The first kappa shape index (κ1) is 13.1. The third kappa shape index (κ3) is 3.30. The van der Waals surface area contributed by atoms with E-state index in [-0.39, 0.29) is 5.75 Å². The highest BCUT2D eigenvalue weighted by atomic mass is 32.2. The van der Waals surface area contributed by atoms with E-state index in [1.165, 1.54) is 0 Å². The average Bonchev–Trinajstić information content (AvgIpc) is 2.45. The van der Waals surface area contributed by atoms with E-state index in [0.717, 1.165) is 11.8 Å². The summed E-state index contributed by atoms with van der Waals surface area (Å²) < 4.78 is 0. The molecule has 0 spiro atoms. The maximum Gasteiger partial charge on any atom is 0.227 e. The standard InChI is InChI=1S/C13H10N4OS/c14-7-9-4-5-11(10-3-1-2-6-16-10)17-13(9)19-8-12(15)18/h1-6H,8H2,(H2,15,18). The van der Waals surface area contributed by atoms with E-state index >= 15 is 0 Å². The van der Waals surface area contributed by atoms with Crippen LogP contribution in [0.25, 0.3) is 11.4 Å². The lowest BCUT2D eigenvalue weighted by molar-refractivity contribution is -0.115. The molecule has 0 aliphatic rings. The molecule has 2 heterocycles. The highest BCUT2D eigenvalue weighted by Gasteiger charge is 2.09. The molecule has 0 aromatic carbocycles. The van der Waals surface area contributed by atoms with Crippen molar-refractivity contribution < 1.29 is 4.79 Å². The molecule has 0 unspecified atom stereocenters. The summed E-state index contributed by atoms with van der Waals surface area (Å²) >= 11 is 1.15. The van der Waals surface area contributed by atoms with Gasteiger partial charge < -0.3 is 5.73 Å². The molecule has 0 bridgehead atoms. The summed E-state index contributed by atoms with van der Waals surface area (Å²) in [5.41, 5.74) is 6.89. The molecule has 94 valence electrons. The Kier molecular flexibility index (Phi) is 4.11. The van der Waals surface area contributed by atoms with Crippen molar-refractivity contribution in [3.05, 3.63) is 42.1 Å². The van der Waals surface area contributed by atoms with Gasteiger partial charge in [-0.15, -0.1) is 0 Å². The van der Waals surface area contributed by atoms with Crippen LogP contribution < -0.4 is 5.73 Å². The van der Waals surface area contributed by atoms with Gasteiger partial charge in [-0.1, -0.05) is 17.8 Å². The third-order valence-electron chi connectivity index (χ3n) is 2.26. The molecule has 1 amide bonds. The van der Waals surface area contributed by atoms with Gasteiger partial charge in [-0.05, 0) is 24.3 Å². The number of nitriles is 1. The van der Waals surface area contributed by atoms with Crippen LogP contribution in [0.15, 0.2) is 41.6 Å². The number of hydrogen-bond acceptors (Lipinski definition) is 5. The zero-order valence-corrected chi connectivity index (χ0v) is 10.7. The number of nitrogens with two attached hydrogens (primary N) is 1. The van der Waals surface area contributed by atoms with Crippen molar-refractivity contribution in [1.29, 1.82) is 5.26 Å². The quantitative estimate of drug-likeness (QED) is 0.852. The molecule has 0 saturated carbocycles. The molecule has 0 fully saturated rings. The van der Waals surface area contributed by atoms with E-state index in [0.29, 0.717) is 22.0 Å². The van der Waals surface area contributed by atoms with E-state index < -0.39 is 5.91 Å². The lowest BCUT2D eigenvalue weighted by Crippen LogP contribution is -2.13. The van der Waals surface area contributed by atoms with Gasteiger partial charge in [0, 0.05) is 6.20 Å². The van der Waals surface area contributed by atoms with Crippen molar-refractivity contribution in [3.8, 4) is 17.5 Å². The van der Waals surface area contributed by atoms with Crippen molar-refractivity contribution in [2.24, 2.45) is 5.73 Å². The number of primary amides is 1. The Labute approximate surface area is 114 Å². The Morgan fingerprint density at radius 1 is 1.32 bits per heavy atom.